The molecule has 0 aromatic heterocycles. The number of nitro benzene ring substituents is 2. The number of carbonyl (C=O) groups excluding carboxylic acids is 2. The lowest BCUT2D eigenvalue weighted by Crippen LogP contribution is -2.11. The summed E-state index contributed by atoms with van der Waals surface area (Å²) >= 11 is 23.8. The van der Waals surface area contributed by atoms with Gasteiger partial charge in [-0.1, -0.05) is 23.2 Å². The highest BCUT2D eigenvalue weighted by atomic mass is 35.5. The molecule has 0 unspecified atom stereocenters. The summed E-state index contributed by atoms with van der Waals surface area (Å²) in [7, 11) is 0. The van der Waals surface area contributed by atoms with Crippen molar-refractivity contribution < 1.29 is 28.9 Å². The summed E-state index contributed by atoms with van der Waals surface area (Å²) in [5.74, 6) is -2.87. The van der Waals surface area contributed by atoms with Gasteiger partial charge in [0.2, 0.25) is 0 Å². The highest BCUT2D eigenvalue weighted by Gasteiger charge is 2.64. The van der Waals surface area contributed by atoms with Crippen molar-refractivity contribution in [3.63, 3.8) is 0 Å². The third kappa shape index (κ3) is 5.47. The molecule has 3 rings (SSSR count). The Morgan fingerprint density at radius 3 is 1.52 bits per heavy atom. The molecule has 2 aromatic rings. The summed E-state index contributed by atoms with van der Waals surface area (Å²) in [5, 5.41) is 21.6. The Balaban J connectivity index is 1.57. The first kappa shape index (κ1) is 25.0. The number of hydrogen-bond donors (Lipinski definition) is 0. The Morgan fingerprint density at radius 2 is 1.18 bits per heavy atom. The van der Waals surface area contributed by atoms with Crippen LogP contribution in [0.3, 0.4) is 0 Å². The zero-order chi connectivity index (χ0) is 24.5. The molecule has 0 bridgehead atoms. The van der Waals surface area contributed by atoms with Crippen molar-refractivity contribution >= 4 is 69.7 Å². The largest absolute Gasteiger partial charge is 0.462 e. The molecule has 1 aliphatic carbocycles. The molecule has 0 heterocycles. The van der Waals surface area contributed by atoms with Crippen LogP contribution < -0.4 is 0 Å². The van der Waals surface area contributed by atoms with E-state index in [0.717, 1.165) is 12.1 Å². The van der Waals surface area contributed by atoms with E-state index >= 15 is 0 Å². The minimum Gasteiger partial charge on any atom is -0.462 e. The quantitative estimate of drug-likeness (QED) is 0.192. The second-order valence-corrected chi connectivity index (χ2v) is 9.19. The summed E-state index contributed by atoms with van der Waals surface area (Å²) in [6.07, 6.45) is 0. The number of carbonyl (C=O) groups is 2. The van der Waals surface area contributed by atoms with Crippen LogP contribution in [0.5, 0.6) is 0 Å². The van der Waals surface area contributed by atoms with Crippen molar-refractivity contribution in [3.05, 3.63) is 77.8 Å². The van der Waals surface area contributed by atoms with Gasteiger partial charge in [0.15, 0.2) is 0 Å². The topological polar surface area (TPSA) is 139 Å². The number of alkyl halides is 2. The molecule has 174 valence electrons. The highest BCUT2D eigenvalue weighted by molar-refractivity contribution is 6.51. The summed E-state index contributed by atoms with van der Waals surface area (Å²) in [4.78, 5) is 44.9. The lowest BCUT2D eigenvalue weighted by Gasteiger charge is -2.06. The summed E-state index contributed by atoms with van der Waals surface area (Å²) in [5.41, 5.74) is -1.08. The van der Waals surface area contributed by atoms with Gasteiger partial charge in [-0.15, -0.1) is 23.2 Å². The molecule has 0 spiro atoms. The molecule has 14 heteroatoms. The lowest BCUT2D eigenvalue weighted by atomic mass is 10.2. The molecule has 0 amide bonds. The fourth-order valence-corrected chi connectivity index (χ4v) is 4.08. The second kappa shape index (κ2) is 9.68. The SMILES string of the molecule is O=C(OC[C@@H]1[C@@H](COC(=O)c2ccc(Cl)c([N+](=O)[O-])c2)C1(Cl)Cl)c1ccc(Cl)c([N+](=O)[O-])c1. The van der Waals surface area contributed by atoms with E-state index in [0.29, 0.717) is 0 Å². The normalized spacial score (nSPS) is 18.3. The van der Waals surface area contributed by atoms with Crippen molar-refractivity contribution in [2.45, 2.75) is 4.33 Å². The lowest BCUT2D eigenvalue weighted by molar-refractivity contribution is -0.384. The highest BCUT2D eigenvalue weighted by Crippen LogP contribution is 2.59. The zero-order valence-corrected chi connectivity index (χ0v) is 19.2. The first-order valence-corrected chi connectivity index (χ1v) is 10.5. The molecular weight excluding hydrogens is 526 g/mol. The molecule has 33 heavy (non-hydrogen) atoms. The van der Waals surface area contributed by atoms with Crippen molar-refractivity contribution in [2.24, 2.45) is 11.8 Å². The minimum atomic E-state index is -1.35. The number of ether oxygens (including phenoxy) is 2. The fraction of sp³-hybridized carbons (Fsp3) is 0.263. The third-order valence-corrected chi connectivity index (χ3v) is 6.67. The summed E-state index contributed by atoms with van der Waals surface area (Å²) in [6.45, 7) is -0.478. The number of benzene rings is 2. The molecule has 1 saturated carbocycles. The Bertz CT molecular complexity index is 1070. The van der Waals surface area contributed by atoms with Gasteiger partial charge in [0, 0.05) is 24.0 Å². The molecule has 2 atom stereocenters. The maximum Gasteiger partial charge on any atom is 0.338 e. The van der Waals surface area contributed by atoms with Crippen LogP contribution in [-0.4, -0.2) is 39.3 Å². The van der Waals surface area contributed by atoms with Gasteiger partial charge in [0.25, 0.3) is 11.4 Å². The van der Waals surface area contributed by atoms with Crippen molar-refractivity contribution in [2.75, 3.05) is 13.2 Å². The van der Waals surface area contributed by atoms with Gasteiger partial charge in [-0.25, -0.2) is 9.59 Å². The maximum atomic E-state index is 12.2. The van der Waals surface area contributed by atoms with Gasteiger partial charge < -0.3 is 9.47 Å². The van der Waals surface area contributed by atoms with Gasteiger partial charge >= 0.3 is 11.9 Å². The predicted octanol–water partition coefficient (Wildman–Crippen LogP) is 5.24. The van der Waals surface area contributed by atoms with Crippen LogP contribution in [0.4, 0.5) is 11.4 Å². The molecule has 2 aromatic carbocycles. The number of esters is 2. The first-order chi connectivity index (χ1) is 15.4. The Morgan fingerprint density at radius 1 is 0.818 bits per heavy atom. The van der Waals surface area contributed by atoms with E-state index in [1.54, 1.807) is 0 Å². The average Bonchev–Trinajstić information content (AvgIpc) is 3.28. The molecule has 0 radical (unpaired) electrons. The van der Waals surface area contributed by atoms with E-state index in [4.69, 9.17) is 55.9 Å². The van der Waals surface area contributed by atoms with Gasteiger partial charge in [0.1, 0.15) is 14.4 Å². The smallest absolute Gasteiger partial charge is 0.338 e. The molecule has 0 N–H and O–H groups in total. The van der Waals surface area contributed by atoms with Crippen LogP contribution in [0.25, 0.3) is 0 Å². The fourth-order valence-electron chi connectivity index (χ4n) is 2.97. The number of hydrogen-bond acceptors (Lipinski definition) is 8. The minimum absolute atomic E-state index is 0.0891. The standard InChI is InChI=1S/C19H12Cl4N2O8/c20-13-3-1-9(5-15(13)24(28)29)17(26)32-7-11-12(19(11,22)23)8-33-18(27)10-2-4-14(21)16(6-10)25(30)31/h1-6,11-12H,7-8H2/t11-,12-/m1/s1. The van der Waals surface area contributed by atoms with Crippen LogP contribution in [0, 0.1) is 32.1 Å². The molecule has 0 saturated heterocycles. The van der Waals surface area contributed by atoms with Crippen molar-refractivity contribution in [3.8, 4) is 0 Å². The van der Waals surface area contributed by atoms with Gasteiger partial charge in [-0.2, -0.15) is 0 Å². The summed E-state index contributed by atoms with van der Waals surface area (Å²) < 4.78 is 8.92. The number of halogens is 4. The van der Waals surface area contributed by atoms with E-state index in [-0.39, 0.29) is 34.4 Å². The Kier molecular flexibility index (Phi) is 7.32. The zero-order valence-electron chi connectivity index (χ0n) is 16.2. The van der Waals surface area contributed by atoms with E-state index in [1.165, 1.54) is 24.3 Å². The molecule has 0 aliphatic heterocycles. The maximum absolute atomic E-state index is 12.2. The van der Waals surface area contributed by atoms with Crippen molar-refractivity contribution in [1.29, 1.82) is 0 Å². The average molecular weight is 538 g/mol. The Hall–Kier alpha value is -2.66. The predicted molar refractivity (Wildman–Crippen MR) is 118 cm³/mol. The molecule has 1 aliphatic rings. The second-order valence-electron chi connectivity index (χ2n) is 6.93. The monoisotopic (exact) mass is 536 g/mol. The van der Waals surface area contributed by atoms with Crippen LogP contribution in [0.2, 0.25) is 10.0 Å². The van der Waals surface area contributed by atoms with E-state index in [1.807, 2.05) is 0 Å². The van der Waals surface area contributed by atoms with Crippen LogP contribution >= 0.6 is 46.4 Å². The summed E-state index contributed by atoms with van der Waals surface area (Å²) in [6, 6.07) is 6.90. The van der Waals surface area contributed by atoms with Gasteiger partial charge in [0.05, 0.1) is 34.2 Å². The molecule has 10 nitrogen and oxygen atoms in total. The first-order valence-electron chi connectivity index (χ1n) is 9.03. The number of nitrogens with zero attached hydrogens (tertiary/aromatic N) is 2. The van der Waals surface area contributed by atoms with E-state index < -0.39 is 49.3 Å². The third-order valence-electron chi connectivity index (χ3n) is 4.91. The van der Waals surface area contributed by atoms with Crippen LogP contribution in [0.1, 0.15) is 20.7 Å². The van der Waals surface area contributed by atoms with Gasteiger partial charge in [-0.3, -0.25) is 20.2 Å². The van der Waals surface area contributed by atoms with Crippen LogP contribution in [0.15, 0.2) is 36.4 Å². The van der Waals surface area contributed by atoms with Crippen LogP contribution in [-0.2, 0) is 9.47 Å². The molecular formula is C19H12Cl4N2O8. The van der Waals surface area contributed by atoms with Gasteiger partial charge in [-0.05, 0) is 24.3 Å². The van der Waals surface area contributed by atoms with Crippen molar-refractivity contribution in [1.82, 2.24) is 0 Å². The number of rotatable bonds is 8. The Labute approximate surface area is 205 Å². The van der Waals surface area contributed by atoms with E-state index in [2.05, 4.69) is 0 Å². The van der Waals surface area contributed by atoms with E-state index in [9.17, 15) is 29.8 Å². The molecule has 1 fully saturated rings. The number of nitro groups is 2.